The van der Waals surface area contributed by atoms with Gasteiger partial charge in [-0.25, -0.2) is 9.36 Å². The van der Waals surface area contributed by atoms with E-state index in [4.69, 9.17) is 19.2 Å². The van der Waals surface area contributed by atoms with Crippen molar-refractivity contribution in [3.63, 3.8) is 0 Å². The quantitative estimate of drug-likeness (QED) is 0.0442. The van der Waals surface area contributed by atoms with Crippen molar-refractivity contribution in [2.75, 3.05) is 27.3 Å². The maximum absolute atomic E-state index is 12.3. The first-order chi connectivity index (χ1) is 31.9. The SMILES string of the molecule is C.CNC(=O)c1nn(COCC[Si](C)(C)C)c2ccc(-c3cncs3)cc12.CNC(=O)c1nn(COCC[Si](C)(C)C)c2ccc(I)cc12.C[Si](C)(C)c1nc[c-]s1.C[Si](C)(C)c1nccs1.[Cl][Zn+]. The van der Waals surface area contributed by atoms with Gasteiger partial charge in [-0.1, -0.05) is 103 Å². The van der Waals surface area contributed by atoms with E-state index in [1.807, 2.05) is 54.2 Å². The number of aromatic nitrogens is 7. The standard InChI is InChI=1S/C18H24N4O2SSi.C15H22IN3O2Si.C6H11NSSi.C6H10NSSi.CH4.ClH.Zn/c1-19-18(23)17-14-9-13(16-10-20-11-25-16)5-6-15(14)22(21-17)12-24-7-8-26(2,3)4;1-17-15(20)14-12-9-11(16)5-6-13(12)19(18-14)10-21-7-8-22(2,3)4;2*1-9(2,3)6-7-4-5-8-6;;;/h5-6,9-11H,7-8,12H2,1-4H3,(H,19,23);5-6,9H,7-8,10H2,1-4H3,(H,17,20);4-5H,1-3H3;4H,1-3H3;1H4;1H;/q;;;-1;;;+2/p-1. The van der Waals surface area contributed by atoms with Crippen molar-refractivity contribution in [3.8, 4) is 10.4 Å². The van der Waals surface area contributed by atoms with Crippen molar-refractivity contribution in [3.05, 3.63) is 86.2 Å². The maximum atomic E-state index is 12.3. The van der Waals surface area contributed by atoms with Gasteiger partial charge >= 0.3 is 27.0 Å². The van der Waals surface area contributed by atoms with Gasteiger partial charge in [0.05, 0.1) is 26.1 Å². The van der Waals surface area contributed by atoms with Gasteiger partial charge in [-0.15, -0.1) is 22.7 Å². The molecule has 0 fully saturated rings. The van der Waals surface area contributed by atoms with Gasteiger partial charge in [0, 0.05) is 83.6 Å². The van der Waals surface area contributed by atoms with E-state index in [2.05, 4.69) is 142 Å². The Morgan fingerprint density at radius 1 is 0.739 bits per heavy atom. The zero-order valence-corrected chi connectivity index (χ0v) is 54.4. The van der Waals surface area contributed by atoms with E-state index in [-0.39, 0.29) is 19.2 Å². The summed E-state index contributed by atoms with van der Waals surface area (Å²) in [5.74, 6) is -0.370. The van der Waals surface area contributed by atoms with Gasteiger partial charge < -0.3 is 36.4 Å². The van der Waals surface area contributed by atoms with E-state index in [0.29, 0.717) is 31.5 Å². The Labute approximate surface area is 454 Å². The molecule has 23 heteroatoms. The first-order valence-corrected chi connectivity index (χ1v) is 44.0. The number of benzene rings is 2. The van der Waals surface area contributed by atoms with Crippen molar-refractivity contribution in [1.29, 1.82) is 0 Å². The molecule has 0 bridgehead atoms. The number of nitrogens with zero attached hydrogens (tertiary/aromatic N) is 7. The molecule has 13 nitrogen and oxygen atoms in total. The number of halogens is 2. The number of carbonyl (C=O) groups is 2. The van der Waals surface area contributed by atoms with Gasteiger partial charge in [0.25, 0.3) is 11.8 Å². The molecule has 0 radical (unpaired) electrons. The van der Waals surface area contributed by atoms with Gasteiger partial charge in [0.1, 0.15) is 21.5 Å². The summed E-state index contributed by atoms with van der Waals surface area (Å²) >= 11 is 8.09. The van der Waals surface area contributed by atoms with Crippen LogP contribution < -0.4 is 19.9 Å². The topological polar surface area (TPSA) is 151 Å². The predicted octanol–water partition coefficient (Wildman–Crippen LogP) is 11.6. The summed E-state index contributed by atoms with van der Waals surface area (Å²) in [7, 11) is 3.59. The number of carbonyl (C=O) groups excluding carboxylic acids is 2. The van der Waals surface area contributed by atoms with E-state index in [1.165, 1.54) is 9.26 Å². The molecule has 5 aromatic heterocycles. The molecule has 7 rings (SSSR count). The Bertz CT molecular complexity index is 2550. The Hall–Kier alpha value is -2.36. The van der Waals surface area contributed by atoms with Crippen LogP contribution in [0.2, 0.25) is 90.7 Å². The fourth-order valence-corrected chi connectivity index (χ4v) is 13.1. The average Bonchev–Trinajstić information content (AvgIpc) is 4.14. The molecule has 7 aromatic rings. The van der Waals surface area contributed by atoms with Gasteiger partial charge in [0.15, 0.2) is 11.4 Å². The van der Waals surface area contributed by atoms with Crippen molar-refractivity contribution in [2.24, 2.45) is 0 Å². The van der Waals surface area contributed by atoms with Crippen LogP contribution in [0.5, 0.6) is 0 Å². The number of hydrogen-bond acceptors (Lipinski definition) is 12. The minimum atomic E-state index is -1.13. The Morgan fingerprint density at radius 2 is 1.25 bits per heavy atom. The van der Waals surface area contributed by atoms with Crippen molar-refractivity contribution in [1.82, 2.24) is 45.1 Å². The molecule has 374 valence electrons. The van der Waals surface area contributed by atoms with E-state index in [9.17, 15) is 9.59 Å². The second kappa shape index (κ2) is 29.4. The summed E-state index contributed by atoms with van der Waals surface area (Å²) in [6.07, 6.45) is 5.48. The average molecular weight is 1250 g/mol. The molecule has 0 aliphatic rings. The van der Waals surface area contributed by atoms with E-state index < -0.39 is 32.3 Å². The molecule has 0 unspecified atom stereocenters. The molecule has 2 aromatic carbocycles. The number of fused-ring (bicyclic) bond motifs is 2. The van der Waals surface area contributed by atoms with Crippen LogP contribution in [0.1, 0.15) is 28.4 Å². The zero-order valence-electron chi connectivity index (χ0n) is 42.0. The first kappa shape index (κ1) is 62.8. The number of nitrogens with one attached hydrogen (secondary N) is 2. The van der Waals surface area contributed by atoms with E-state index >= 15 is 0 Å². The van der Waals surface area contributed by atoms with Crippen LogP contribution in [-0.4, -0.2) is 106 Å². The predicted molar refractivity (Wildman–Crippen MR) is 310 cm³/mol. The van der Waals surface area contributed by atoms with Crippen molar-refractivity contribution >= 4 is 141 Å². The third-order valence-electron chi connectivity index (χ3n) is 9.59. The fraction of sp³-hybridized carbons (Fsp3) is 0.457. The molecule has 5 heterocycles. The Balaban J connectivity index is 0.000000340. The number of hydrogen-bond donors (Lipinski definition) is 2. The minimum absolute atomic E-state index is 0. The van der Waals surface area contributed by atoms with Crippen LogP contribution in [0.15, 0.2) is 65.9 Å². The third-order valence-corrected chi connectivity index (χ3v) is 22.8. The van der Waals surface area contributed by atoms with Crippen LogP contribution in [0.3, 0.4) is 0 Å². The normalized spacial score (nSPS) is 11.4. The van der Waals surface area contributed by atoms with Crippen LogP contribution in [-0.2, 0) is 40.2 Å². The van der Waals surface area contributed by atoms with Crippen molar-refractivity contribution < 1.29 is 36.4 Å². The fourth-order valence-electron chi connectivity index (χ4n) is 5.80. The summed E-state index contributed by atoms with van der Waals surface area (Å²) in [6, 6.07) is 14.2. The number of ether oxygens (including phenoxy) is 2. The summed E-state index contributed by atoms with van der Waals surface area (Å²) in [5, 5.41) is 21.0. The molecule has 0 spiro atoms. The van der Waals surface area contributed by atoms with E-state index in [1.54, 1.807) is 69.2 Å². The molecule has 0 aliphatic carbocycles. The Morgan fingerprint density at radius 3 is 1.62 bits per heavy atom. The van der Waals surface area contributed by atoms with Gasteiger partial charge in [-0.2, -0.15) is 15.6 Å². The molecule has 2 N–H and O–H groups in total. The van der Waals surface area contributed by atoms with Crippen LogP contribution in [0.4, 0.5) is 0 Å². The second-order valence-electron chi connectivity index (χ2n) is 19.9. The second-order valence-corrected chi connectivity index (χ2v) is 45.7. The number of amides is 2. The van der Waals surface area contributed by atoms with E-state index in [0.717, 1.165) is 71.8 Å². The molecule has 0 saturated heterocycles. The summed E-state index contributed by atoms with van der Waals surface area (Å²) in [4.78, 5) is 37.9. The first-order valence-electron chi connectivity index (χ1n) is 22.1. The van der Waals surface area contributed by atoms with Crippen molar-refractivity contribution in [2.45, 2.75) is 112 Å². The Kier molecular flexibility index (Phi) is 26.7. The van der Waals surface area contributed by atoms with Gasteiger partial charge in [0.2, 0.25) is 0 Å². The molecule has 69 heavy (non-hydrogen) atoms. The summed E-state index contributed by atoms with van der Waals surface area (Å²) < 4.78 is 18.8. The summed E-state index contributed by atoms with van der Waals surface area (Å²) in [5.41, 5.74) is 5.52. The summed E-state index contributed by atoms with van der Waals surface area (Å²) in [6.45, 7) is 29.9. The number of thiazole rings is 3. The molecule has 0 aliphatic heterocycles. The zero-order chi connectivity index (χ0) is 50.9. The van der Waals surface area contributed by atoms with Crippen LogP contribution in [0, 0.1) is 8.95 Å². The van der Waals surface area contributed by atoms with Gasteiger partial charge in [-0.3, -0.25) is 19.6 Å². The molecule has 2 amide bonds. The van der Waals surface area contributed by atoms with Crippen LogP contribution >= 0.6 is 66.3 Å². The third kappa shape index (κ3) is 21.0. The molecule has 0 saturated carbocycles. The molecular weight excluding hydrogens is 1180 g/mol. The monoisotopic (exact) mass is 1250 g/mol. The molecule has 0 atom stereocenters. The van der Waals surface area contributed by atoms with Crippen LogP contribution in [0.25, 0.3) is 32.2 Å². The number of rotatable bonds is 15. The van der Waals surface area contributed by atoms with Gasteiger partial charge in [-0.05, 0) is 70.6 Å². The molecular formula is C46H71ClIN9O4S3Si4Zn.